The smallest absolute Gasteiger partial charge is 0.159 e. The number of nitrogen functional groups attached to an aromatic ring is 1. The molecule has 0 aromatic carbocycles. The molecule has 17 heavy (non-hydrogen) atoms. The Kier molecular flexibility index (Phi) is 4.19. The number of methoxy groups -OCH3 is 1. The highest BCUT2D eigenvalue weighted by atomic mass is 127. The summed E-state index contributed by atoms with van der Waals surface area (Å²) in [6, 6.07) is 0. The summed E-state index contributed by atoms with van der Waals surface area (Å²) in [5.41, 5.74) is 7.08. The van der Waals surface area contributed by atoms with Crippen molar-refractivity contribution in [3.63, 3.8) is 0 Å². The molecule has 2 rings (SSSR count). The molecule has 1 heterocycles. The standard InChI is InChI=1S/C12H18IN3O/c1-3-4-8(17-2)12-15-10(7-5-6-7)9(13)11(14)16-12/h7-8H,3-6H2,1-2H3,(H2,14,15,16). The molecule has 1 saturated carbocycles. The van der Waals surface area contributed by atoms with E-state index in [1.165, 1.54) is 12.8 Å². The van der Waals surface area contributed by atoms with E-state index >= 15 is 0 Å². The highest BCUT2D eigenvalue weighted by Gasteiger charge is 2.30. The van der Waals surface area contributed by atoms with Crippen LogP contribution in [0.4, 0.5) is 5.82 Å². The van der Waals surface area contributed by atoms with Crippen LogP contribution in [-0.2, 0) is 4.74 Å². The van der Waals surface area contributed by atoms with Gasteiger partial charge in [-0.05, 0) is 41.9 Å². The zero-order valence-corrected chi connectivity index (χ0v) is 12.4. The van der Waals surface area contributed by atoms with Crippen molar-refractivity contribution in [3.05, 3.63) is 15.1 Å². The van der Waals surface area contributed by atoms with Crippen molar-refractivity contribution in [3.8, 4) is 0 Å². The van der Waals surface area contributed by atoms with E-state index < -0.39 is 0 Å². The summed E-state index contributed by atoms with van der Waals surface area (Å²) in [6.07, 6.45) is 4.39. The highest BCUT2D eigenvalue weighted by Crippen LogP contribution is 2.42. The lowest BCUT2D eigenvalue weighted by atomic mass is 10.2. The number of rotatable bonds is 5. The number of hydrogen-bond acceptors (Lipinski definition) is 4. The van der Waals surface area contributed by atoms with Crippen LogP contribution in [0.1, 0.15) is 56.1 Å². The Morgan fingerprint density at radius 2 is 2.18 bits per heavy atom. The van der Waals surface area contributed by atoms with Crippen LogP contribution >= 0.6 is 22.6 Å². The summed E-state index contributed by atoms with van der Waals surface area (Å²) in [5, 5.41) is 0. The molecule has 0 spiro atoms. The van der Waals surface area contributed by atoms with E-state index in [0.29, 0.717) is 11.7 Å². The maximum Gasteiger partial charge on any atom is 0.159 e. The van der Waals surface area contributed by atoms with E-state index in [1.807, 2.05) is 0 Å². The van der Waals surface area contributed by atoms with E-state index in [4.69, 9.17) is 10.5 Å². The first kappa shape index (κ1) is 13.0. The van der Waals surface area contributed by atoms with Crippen LogP contribution in [0.5, 0.6) is 0 Å². The third-order valence-corrected chi connectivity index (χ3v) is 4.11. The fourth-order valence-corrected chi connectivity index (χ4v) is 2.57. The van der Waals surface area contributed by atoms with Crippen molar-refractivity contribution in [2.24, 2.45) is 0 Å². The molecule has 0 radical (unpaired) electrons. The first-order valence-electron chi connectivity index (χ1n) is 6.03. The molecule has 1 aliphatic rings. The van der Waals surface area contributed by atoms with Gasteiger partial charge in [-0.1, -0.05) is 13.3 Å². The SMILES string of the molecule is CCCC(OC)c1nc(N)c(I)c(C2CC2)n1. The van der Waals surface area contributed by atoms with Gasteiger partial charge in [0.2, 0.25) is 0 Å². The quantitative estimate of drug-likeness (QED) is 0.832. The van der Waals surface area contributed by atoms with Gasteiger partial charge >= 0.3 is 0 Å². The van der Waals surface area contributed by atoms with Crippen LogP contribution in [0, 0.1) is 3.57 Å². The Morgan fingerprint density at radius 1 is 1.47 bits per heavy atom. The van der Waals surface area contributed by atoms with Crippen LogP contribution in [0.15, 0.2) is 0 Å². The van der Waals surface area contributed by atoms with Crippen molar-refractivity contribution in [1.29, 1.82) is 0 Å². The molecule has 0 saturated heterocycles. The molecule has 1 atom stereocenters. The number of halogens is 1. The van der Waals surface area contributed by atoms with Crippen molar-refractivity contribution in [2.75, 3.05) is 12.8 Å². The van der Waals surface area contributed by atoms with Gasteiger partial charge in [0, 0.05) is 13.0 Å². The van der Waals surface area contributed by atoms with Crippen molar-refractivity contribution < 1.29 is 4.74 Å². The average Bonchev–Trinajstić information content (AvgIpc) is 3.13. The fraction of sp³-hybridized carbons (Fsp3) is 0.667. The average molecular weight is 347 g/mol. The Hall–Kier alpha value is -0.430. The lowest BCUT2D eigenvalue weighted by Gasteiger charge is -2.15. The maximum absolute atomic E-state index is 5.96. The van der Waals surface area contributed by atoms with Crippen LogP contribution < -0.4 is 5.73 Å². The first-order valence-corrected chi connectivity index (χ1v) is 7.10. The van der Waals surface area contributed by atoms with Gasteiger partial charge in [0.1, 0.15) is 11.9 Å². The molecule has 1 aromatic rings. The first-order chi connectivity index (χ1) is 8.17. The van der Waals surface area contributed by atoms with Crippen LogP contribution in [-0.4, -0.2) is 17.1 Å². The molecule has 2 N–H and O–H groups in total. The summed E-state index contributed by atoms with van der Waals surface area (Å²) < 4.78 is 6.46. The van der Waals surface area contributed by atoms with Crippen LogP contribution in [0.3, 0.4) is 0 Å². The van der Waals surface area contributed by atoms with Crippen LogP contribution in [0.25, 0.3) is 0 Å². The Morgan fingerprint density at radius 3 is 2.71 bits per heavy atom. The number of anilines is 1. The number of hydrogen-bond donors (Lipinski definition) is 1. The second kappa shape index (κ2) is 5.48. The minimum absolute atomic E-state index is 0.0307. The second-order valence-corrected chi connectivity index (χ2v) is 5.53. The molecule has 0 aliphatic heterocycles. The maximum atomic E-state index is 5.96. The summed E-state index contributed by atoms with van der Waals surface area (Å²) in [6.45, 7) is 2.13. The third-order valence-electron chi connectivity index (χ3n) is 3.01. The predicted octanol–water partition coefficient (Wildman–Crippen LogP) is 3.03. The number of aromatic nitrogens is 2. The van der Waals surface area contributed by atoms with Gasteiger partial charge in [0.15, 0.2) is 5.82 Å². The van der Waals surface area contributed by atoms with Crippen molar-refractivity contribution >= 4 is 28.4 Å². The number of nitrogens with two attached hydrogens (primary N) is 1. The molecule has 1 aliphatic carbocycles. The Labute approximate surface area is 115 Å². The van der Waals surface area contributed by atoms with E-state index in [9.17, 15) is 0 Å². The van der Waals surface area contributed by atoms with Gasteiger partial charge in [0.25, 0.3) is 0 Å². The molecule has 5 heteroatoms. The summed E-state index contributed by atoms with van der Waals surface area (Å²) in [7, 11) is 1.70. The molecule has 1 fully saturated rings. The highest BCUT2D eigenvalue weighted by molar-refractivity contribution is 14.1. The Bertz CT molecular complexity index is 407. The van der Waals surface area contributed by atoms with E-state index in [0.717, 1.165) is 27.9 Å². The van der Waals surface area contributed by atoms with Crippen molar-refractivity contribution in [2.45, 2.75) is 44.6 Å². The molecule has 4 nitrogen and oxygen atoms in total. The topological polar surface area (TPSA) is 61.0 Å². The van der Waals surface area contributed by atoms with E-state index in [-0.39, 0.29) is 6.10 Å². The second-order valence-electron chi connectivity index (χ2n) is 4.45. The minimum Gasteiger partial charge on any atom is -0.383 e. The van der Waals surface area contributed by atoms with Gasteiger partial charge < -0.3 is 10.5 Å². The van der Waals surface area contributed by atoms with Gasteiger partial charge in [0.05, 0.1) is 9.26 Å². The lowest BCUT2D eigenvalue weighted by molar-refractivity contribution is 0.0875. The minimum atomic E-state index is -0.0307. The van der Waals surface area contributed by atoms with Crippen LogP contribution in [0.2, 0.25) is 0 Å². The monoisotopic (exact) mass is 347 g/mol. The van der Waals surface area contributed by atoms with Crippen molar-refractivity contribution in [1.82, 2.24) is 9.97 Å². The number of ether oxygens (including phenoxy) is 1. The molecular formula is C12H18IN3O. The fourth-order valence-electron chi connectivity index (χ4n) is 1.89. The summed E-state index contributed by atoms with van der Waals surface area (Å²) in [4.78, 5) is 9.03. The van der Waals surface area contributed by atoms with E-state index in [1.54, 1.807) is 7.11 Å². The molecule has 1 unspecified atom stereocenters. The molecule has 0 bridgehead atoms. The molecular weight excluding hydrogens is 329 g/mol. The zero-order chi connectivity index (χ0) is 12.4. The predicted molar refractivity (Wildman–Crippen MR) is 75.8 cm³/mol. The van der Waals surface area contributed by atoms with Gasteiger partial charge in [-0.2, -0.15) is 0 Å². The normalized spacial score (nSPS) is 17.1. The largest absolute Gasteiger partial charge is 0.383 e. The number of nitrogens with zero attached hydrogens (tertiary/aromatic N) is 2. The third kappa shape index (κ3) is 2.88. The summed E-state index contributed by atoms with van der Waals surface area (Å²) in [5.74, 6) is 1.93. The van der Waals surface area contributed by atoms with Gasteiger partial charge in [-0.15, -0.1) is 0 Å². The lowest BCUT2D eigenvalue weighted by Crippen LogP contribution is -2.12. The van der Waals surface area contributed by atoms with Gasteiger partial charge in [-0.3, -0.25) is 0 Å². The molecule has 0 amide bonds. The van der Waals surface area contributed by atoms with Gasteiger partial charge in [-0.25, -0.2) is 9.97 Å². The molecule has 94 valence electrons. The molecule has 1 aromatic heterocycles. The Balaban J connectivity index is 2.33. The zero-order valence-electron chi connectivity index (χ0n) is 10.2. The van der Waals surface area contributed by atoms with E-state index in [2.05, 4.69) is 39.5 Å². The summed E-state index contributed by atoms with van der Waals surface area (Å²) >= 11 is 2.24.